The Morgan fingerprint density at radius 2 is 1.94 bits per heavy atom. The first kappa shape index (κ1) is 11.5. The molecule has 1 aromatic carbocycles. The number of hydrogen-bond donors (Lipinski definition) is 1. The Hall–Kier alpha value is -1.03. The molecule has 2 rings (SSSR count). The number of carbonyl (C=O) groups is 1. The van der Waals surface area contributed by atoms with Crippen LogP contribution >= 0.6 is 34.5 Å². The second-order valence-corrected chi connectivity index (χ2v) is 5.23. The Morgan fingerprint density at radius 1 is 1.19 bits per heavy atom. The summed E-state index contributed by atoms with van der Waals surface area (Å²) in [6.07, 6.45) is 0. The fourth-order valence-corrected chi connectivity index (χ4v) is 2.73. The Balaban J connectivity index is 2.47. The summed E-state index contributed by atoms with van der Waals surface area (Å²) in [5.41, 5.74) is 0.972. The molecule has 1 heterocycles. The molecule has 0 saturated heterocycles. The quantitative estimate of drug-likeness (QED) is 0.879. The van der Waals surface area contributed by atoms with Crippen molar-refractivity contribution in [1.82, 2.24) is 0 Å². The molecule has 2 aromatic rings. The van der Waals surface area contributed by atoms with Gasteiger partial charge in [0.15, 0.2) is 0 Å². The number of aromatic carboxylic acids is 1. The summed E-state index contributed by atoms with van der Waals surface area (Å²) in [5.74, 6) is -0.988. The minimum absolute atomic E-state index is 0.177. The third kappa shape index (κ3) is 2.21. The van der Waals surface area contributed by atoms with E-state index >= 15 is 0 Å². The zero-order valence-electron chi connectivity index (χ0n) is 7.91. The molecule has 0 amide bonds. The van der Waals surface area contributed by atoms with Crippen LogP contribution in [0.1, 0.15) is 10.4 Å². The van der Waals surface area contributed by atoms with Gasteiger partial charge in [0, 0.05) is 10.4 Å². The molecule has 0 radical (unpaired) electrons. The van der Waals surface area contributed by atoms with Gasteiger partial charge in [0.2, 0.25) is 0 Å². The smallest absolute Gasteiger partial charge is 0.335 e. The minimum atomic E-state index is -0.988. The van der Waals surface area contributed by atoms with Gasteiger partial charge < -0.3 is 5.11 Å². The summed E-state index contributed by atoms with van der Waals surface area (Å²) >= 11 is 13.2. The van der Waals surface area contributed by atoms with Gasteiger partial charge in [0.05, 0.1) is 14.9 Å². The molecule has 2 nitrogen and oxygen atoms in total. The van der Waals surface area contributed by atoms with Crippen LogP contribution in [0.5, 0.6) is 0 Å². The van der Waals surface area contributed by atoms with Crippen LogP contribution in [0.2, 0.25) is 9.36 Å². The fraction of sp³-hybridized carbons (Fsp3) is 0. The van der Waals surface area contributed by atoms with E-state index in [4.69, 9.17) is 28.3 Å². The fourth-order valence-electron chi connectivity index (χ4n) is 1.31. The van der Waals surface area contributed by atoms with Crippen LogP contribution in [0.4, 0.5) is 0 Å². The van der Waals surface area contributed by atoms with E-state index in [1.54, 1.807) is 12.1 Å². The highest BCUT2D eigenvalue weighted by molar-refractivity contribution is 7.19. The maximum absolute atomic E-state index is 10.7. The normalized spacial score (nSPS) is 10.4. The molecule has 82 valence electrons. The topological polar surface area (TPSA) is 37.3 Å². The van der Waals surface area contributed by atoms with Crippen LogP contribution in [-0.2, 0) is 0 Å². The predicted octanol–water partition coefficient (Wildman–Crippen LogP) is 4.42. The molecule has 0 bridgehead atoms. The number of thiophene rings is 1. The first-order valence-corrected chi connectivity index (χ1v) is 5.94. The lowest BCUT2D eigenvalue weighted by Crippen LogP contribution is -1.95. The third-order valence-electron chi connectivity index (χ3n) is 2.05. The van der Waals surface area contributed by atoms with Gasteiger partial charge in [-0.3, -0.25) is 0 Å². The van der Waals surface area contributed by atoms with Crippen LogP contribution in [-0.4, -0.2) is 11.1 Å². The number of rotatable bonds is 2. The molecule has 1 N–H and O–H groups in total. The van der Waals surface area contributed by atoms with Crippen molar-refractivity contribution in [2.24, 2.45) is 0 Å². The van der Waals surface area contributed by atoms with E-state index in [0.29, 0.717) is 9.36 Å². The number of carboxylic acids is 1. The summed E-state index contributed by atoms with van der Waals surface area (Å²) in [5, 5.41) is 9.21. The average Bonchev–Trinajstić information content (AvgIpc) is 2.64. The minimum Gasteiger partial charge on any atom is -0.478 e. The van der Waals surface area contributed by atoms with Crippen molar-refractivity contribution >= 4 is 40.5 Å². The number of hydrogen-bond acceptors (Lipinski definition) is 2. The number of benzene rings is 1. The van der Waals surface area contributed by atoms with Crippen molar-refractivity contribution in [1.29, 1.82) is 0 Å². The summed E-state index contributed by atoms with van der Waals surface area (Å²) in [7, 11) is 0. The summed E-state index contributed by atoms with van der Waals surface area (Å²) in [4.78, 5) is 11.7. The van der Waals surface area contributed by atoms with Crippen molar-refractivity contribution in [3.05, 3.63) is 45.3 Å². The van der Waals surface area contributed by atoms with E-state index in [9.17, 15) is 4.79 Å². The zero-order valence-corrected chi connectivity index (χ0v) is 10.2. The van der Waals surface area contributed by atoms with E-state index in [1.807, 2.05) is 6.07 Å². The molecule has 0 aliphatic carbocycles. The predicted molar refractivity (Wildman–Crippen MR) is 66.7 cm³/mol. The van der Waals surface area contributed by atoms with E-state index in [2.05, 4.69) is 0 Å². The highest BCUT2D eigenvalue weighted by Gasteiger charge is 2.09. The maximum Gasteiger partial charge on any atom is 0.335 e. The molecule has 0 aliphatic rings. The average molecular weight is 273 g/mol. The first-order chi connectivity index (χ1) is 7.58. The molecule has 1 aromatic heterocycles. The van der Waals surface area contributed by atoms with Crippen LogP contribution in [0.3, 0.4) is 0 Å². The SMILES string of the molecule is O=C(O)c1ccc(-c2ccc(Cl)s2)c(Cl)c1. The van der Waals surface area contributed by atoms with Crippen molar-refractivity contribution < 1.29 is 9.90 Å². The number of halogens is 2. The molecule has 0 fully saturated rings. The third-order valence-corrected chi connectivity index (χ3v) is 3.63. The lowest BCUT2D eigenvalue weighted by Gasteiger charge is -2.02. The van der Waals surface area contributed by atoms with Gasteiger partial charge in [-0.15, -0.1) is 11.3 Å². The molecule has 5 heteroatoms. The molecule has 0 unspecified atom stereocenters. The molecule has 0 atom stereocenters. The van der Waals surface area contributed by atoms with E-state index < -0.39 is 5.97 Å². The Kier molecular flexibility index (Phi) is 3.19. The van der Waals surface area contributed by atoms with Gasteiger partial charge in [-0.2, -0.15) is 0 Å². The molecule has 0 saturated carbocycles. The molecule has 0 spiro atoms. The van der Waals surface area contributed by atoms with Gasteiger partial charge in [0.25, 0.3) is 0 Å². The van der Waals surface area contributed by atoms with Gasteiger partial charge >= 0.3 is 5.97 Å². The van der Waals surface area contributed by atoms with E-state index in [1.165, 1.54) is 23.5 Å². The summed E-state index contributed by atoms with van der Waals surface area (Å²) in [6, 6.07) is 8.29. The molecular weight excluding hydrogens is 267 g/mol. The maximum atomic E-state index is 10.7. The van der Waals surface area contributed by atoms with Crippen molar-refractivity contribution in [3.63, 3.8) is 0 Å². The van der Waals surface area contributed by atoms with E-state index in [0.717, 1.165) is 10.4 Å². The number of carboxylic acid groups (broad SMARTS) is 1. The highest BCUT2D eigenvalue weighted by Crippen LogP contribution is 2.35. The second-order valence-electron chi connectivity index (χ2n) is 3.10. The second kappa shape index (κ2) is 4.45. The first-order valence-electron chi connectivity index (χ1n) is 4.36. The monoisotopic (exact) mass is 272 g/mol. The Morgan fingerprint density at radius 3 is 2.44 bits per heavy atom. The van der Waals surface area contributed by atoms with Crippen LogP contribution < -0.4 is 0 Å². The van der Waals surface area contributed by atoms with Crippen molar-refractivity contribution in [3.8, 4) is 10.4 Å². The lowest BCUT2D eigenvalue weighted by atomic mass is 10.1. The largest absolute Gasteiger partial charge is 0.478 e. The lowest BCUT2D eigenvalue weighted by molar-refractivity contribution is 0.0697. The zero-order chi connectivity index (χ0) is 11.7. The highest BCUT2D eigenvalue weighted by atomic mass is 35.5. The van der Waals surface area contributed by atoms with Crippen LogP contribution in [0.25, 0.3) is 10.4 Å². The van der Waals surface area contributed by atoms with Gasteiger partial charge in [0.1, 0.15) is 0 Å². The molecule has 16 heavy (non-hydrogen) atoms. The Labute approximate surface area is 106 Å². The summed E-state index contributed by atoms with van der Waals surface area (Å²) < 4.78 is 0.674. The van der Waals surface area contributed by atoms with Gasteiger partial charge in [-0.25, -0.2) is 4.79 Å². The Bertz CT molecular complexity index is 549. The summed E-state index contributed by atoms with van der Waals surface area (Å²) in [6.45, 7) is 0. The van der Waals surface area contributed by atoms with E-state index in [-0.39, 0.29) is 5.56 Å². The molecular formula is C11H6Cl2O2S. The molecule has 0 aliphatic heterocycles. The van der Waals surface area contributed by atoms with Gasteiger partial charge in [-0.1, -0.05) is 29.3 Å². The standard InChI is InChI=1S/C11H6Cl2O2S/c12-8-5-6(11(14)15)1-2-7(8)9-3-4-10(13)16-9/h1-5H,(H,14,15). The van der Waals surface area contributed by atoms with Crippen LogP contribution in [0.15, 0.2) is 30.3 Å². The van der Waals surface area contributed by atoms with Crippen molar-refractivity contribution in [2.75, 3.05) is 0 Å². The van der Waals surface area contributed by atoms with Crippen LogP contribution in [0, 0.1) is 0 Å². The van der Waals surface area contributed by atoms with Gasteiger partial charge in [-0.05, 0) is 24.3 Å². The van der Waals surface area contributed by atoms with Crippen molar-refractivity contribution in [2.45, 2.75) is 0 Å².